The van der Waals surface area contributed by atoms with Crippen molar-refractivity contribution in [3.8, 4) is 5.75 Å². The standard InChI is InChI=1S/C23H29N3O2/c1-24-22(26-13-11-23(17-26)12-14-27-18-23)25-15-19-7-5-6-8-20(19)16-28-21-9-3-2-4-10-21/h2-10H,11-18H2,1H3,(H,24,25). The second-order valence-electron chi connectivity index (χ2n) is 7.75. The van der Waals surface area contributed by atoms with Gasteiger partial charge in [0, 0.05) is 38.7 Å². The quantitative estimate of drug-likeness (QED) is 0.638. The van der Waals surface area contributed by atoms with Gasteiger partial charge in [0.25, 0.3) is 0 Å². The molecule has 148 valence electrons. The Bertz CT molecular complexity index is 801. The molecule has 2 aromatic carbocycles. The fourth-order valence-electron chi connectivity index (χ4n) is 4.14. The van der Waals surface area contributed by atoms with Crippen LogP contribution in [-0.4, -0.2) is 44.2 Å². The molecule has 0 bridgehead atoms. The van der Waals surface area contributed by atoms with Crippen LogP contribution < -0.4 is 10.1 Å². The summed E-state index contributed by atoms with van der Waals surface area (Å²) in [7, 11) is 1.86. The van der Waals surface area contributed by atoms with E-state index in [9.17, 15) is 0 Å². The van der Waals surface area contributed by atoms with Crippen LogP contribution in [0.15, 0.2) is 59.6 Å². The van der Waals surface area contributed by atoms with E-state index in [2.05, 4.69) is 39.5 Å². The van der Waals surface area contributed by atoms with Gasteiger partial charge in [-0.15, -0.1) is 0 Å². The van der Waals surface area contributed by atoms with Crippen LogP contribution in [0.25, 0.3) is 0 Å². The summed E-state index contributed by atoms with van der Waals surface area (Å²) < 4.78 is 11.6. The van der Waals surface area contributed by atoms with E-state index >= 15 is 0 Å². The maximum absolute atomic E-state index is 5.95. The van der Waals surface area contributed by atoms with Crippen molar-refractivity contribution in [2.75, 3.05) is 33.4 Å². The number of hydrogen-bond donors (Lipinski definition) is 1. The molecule has 2 aliphatic rings. The molecule has 0 aliphatic carbocycles. The van der Waals surface area contributed by atoms with E-state index in [0.717, 1.165) is 44.6 Å². The molecule has 1 atom stereocenters. The largest absolute Gasteiger partial charge is 0.489 e. The van der Waals surface area contributed by atoms with Crippen LogP contribution in [0.1, 0.15) is 24.0 Å². The van der Waals surface area contributed by atoms with Crippen molar-refractivity contribution < 1.29 is 9.47 Å². The van der Waals surface area contributed by atoms with E-state index < -0.39 is 0 Å². The van der Waals surface area contributed by atoms with Gasteiger partial charge in [0.15, 0.2) is 5.96 Å². The molecule has 1 N–H and O–H groups in total. The van der Waals surface area contributed by atoms with Crippen LogP contribution >= 0.6 is 0 Å². The predicted octanol–water partition coefficient (Wildman–Crippen LogP) is 3.45. The summed E-state index contributed by atoms with van der Waals surface area (Å²) in [5.41, 5.74) is 2.76. The molecule has 2 aromatic rings. The molecule has 5 nitrogen and oxygen atoms in total. The fraction of sp³-hybridized carbons (Fsp3) is 0.435. The highest BCUT2D eigenvalue weighted by molar-refractivity contribution is 5.80. The molecule has 1 unspecified atom stereocenters. The first kappa shape index (κ1) is 18.8. The summed E-state index contributed by atoms with van der Waals surface area (Å²) in [6.07, 6.45) is 2.36. The van der Waals surface area contributed by atoms with E-state index in [0.29, 0.717) is 12.0 Å². The average molecular weight is 380 g/mol. The molecule has 0 radical (unpaired) electrons. The number of hydrogen-bond acceptors (Lipinski definition) is 3. The van der Waals surface area contributed by atoms with Crippen molar-refractivity contribution in [3.05, 3.63) is 65.7 Å². The zero-order chi connectivity index (χ0) is 19.2. The van der Waals surface area contributed by atoms with Crippen LogP contribution in [0.5, 0.6) is 5.75 Å². The van der Waals surface area contributed by atoms with Crippen LogP contribution in [0.2, 0.25) is 0 Å². The molecule has 2 aliphatic heterocycles. The van der Waals surface area contributed by atoms with Gasteiger partial charge in [0.05, 0.1) is 6.61 Å². The summed E-state index contributed by atoms with van der Waals surface area (Å²) in [6, 6.07) is 18.4. The van der Waals surface area contributed by atoms with Gasteiger partial charge in [-0.2, -0.15) is 0 Å². The summed E-state index contributed by atoms with van der Waals surface area (Å²) in [4.78, 5) is 6.90. The van der Waals surface area contributed by atoms with Crippen molar-refractivity contribution in [2.24, 2.45) is 10.4 Å². The third kappa shape index (κ3) is 4.30. The van der Waals surface area contributed by atoms with Gasteiger partial charge in [-0.1, -0.05) is 42.5 Å². The second kappa shape index (κ2) is 8.65. The van der Waals surface area contributed by atoms with Gasteiger partial charge in [-0.05, 0) is 36.1 Å². The number of para-hydroxylation sites is 1. The highest BCUT2D eigenvalue weighted by Crippen LogP contribution is 2.38. The van der Waals surface area contributed by atoms with Crippen molar-refractivity contribution >= 4 is 5.96 Å². The molecule has 0 saturated carbocycles. The number of ether oxygens (including phenoxy) is 2. The molecule has 2 heterocycles. The topological polar surface area (TPSA) is 46.1 Å². The van der Waals surface area contributed by atoms with E-state index in [4.69, 9.17) is 9.47 Å². The van der Waals surface area contributed by atoms with Crippen LogP contribution in [0, 0.1) is 5.41 Å². The Hall–Kier alpha value is -2.53. The van der Waals surface area contributed by atoms with E-state index in [1.807, 2.05) is 37.4 Å². The summed E-state index contributed by atoms with van der Waals surface area (Å²) in [6.45, 7) is 5.16. The number of guanidine groups is 1. The van der Waals surface area contributed by atoms with E-state index in [1.165, 1.54) is 24.0 Å². The minimum atomic E-state index is 0.332. The highest BCUT2D eigenvalue weighted by Gasteiger charge is 2.42. The Morgan fingerprint density at radius 1 is 1.11 bits per heavy atom. The molecule has 2 saturated heterocycles. The number of nitrogens with one attached hydrogen (secondary N) is 1. The first-order valence-electron chi connectivity index (χ1n) is 10.1. The van der Waals surface area contributed by atoms with Crippen molar-refractivity contribution in [1.29, 1.82) is 0 Å². The molecule has 1 spiro atoms. The van der Waals surface area contributed by atoms with Gasteiger partial charge in [0.1, 0.15) is 12.4 Å². The maximum atomic E-state index is 5.95. The lowest BCUT2D eigenvalue weighted by Crippen LogP contribution is -2.41. The molecule has 2 fully saturated rings. The van der Waals surface area contributed by atoms with Gasteiger partial charge in [-0.25, -0.2) is 0 Å². The molecule has 4 rings (SSSR count). The number of benzene rings is 2. The Balaban J connectivity index is 1.36. The maximum Gasteiger partial charge on any atom is 0.193 e. The van der Waals surface area contributed by atoms with Crippen LogP contribution in [-0.2, 0) is 17.9 Å². The number of rotatable bonds is 5. The summed E-state index contributed by atoms with van der Waals surface area (Å²) in [5.74, 6) is 1.87. The number of likely N-dealkylation sites (tertiary alicyclic amines) is 1. The van der Waals surface area contributed by atoms with Gasteiger partial charge < -0.3 is 19.7 Å². The molecule has 0 aromatic heterocycles. The Kier molecular flexibility index (Phi) is 5.81. The predicted molar refractivity (Wildman–Crippen MR) is 111 cm³/mol. The van der Waals surface area contributed by atoms with E-state index in [-0.39, 0.29) is 0 Å². The van der Waals surface area contributed by atoms with E-state index in [1.54, 1.807) is 0 Å². The van der Waals surface area contributed by atoms with Crippen molar-refractivity contribution in [2.45, 2.75) is 26.0 Å². The molecular formula is C23H29N3O2. The first-order valence-corrected chi connectivity index (χ1v) is 10.1. The Morgan fingerprint density at radius 3 is 2.64 bits per heavy atom. The third-order valence-corrected chi connectivity index (χ3v) is 5.83. The van der Waals surface area contributed by atoms with Crippen LogP contribution in [0.3, 0.4) is 0 Å². The lowest BCUT2D eigenvalue weighted by molar-refractivity contribution is 0.156. The van der Waals surface area contributed by atoms with Crippen molar-refractivity contribution in [3.63, 3.8) is 0 Å². The molecule has 5 heteroatoms. The van der Waals surface area contributed by atoms with Gasteiger partial charge in [-0.3, -0.25) is 4.99 Å². The number of aliphatic imine (C=N–C) groups is 1. The minimum absolute atomic E-state index is 0.332. The third-order valence-electron chi connectivity index (χ3n) is 5.83. The smallest absolute Gasteiger partial charge is 0.193 e. The minimum Gasteiger partial charge on any atom is -0.489 e. The zero-order valence-corrected chi connectivity index (χ0v) is 16.6. The highest BCUT2D eigenvalue weighted by atomic mass is 16.5. The summed E-state index contributed by atoms with van der Waals surface area (Å²) in [5, 5.41) is 3.55. The second-order valence-corrected chi connectivity index (χ2v) is 7.75. The fourth-order valence-corrected chi connectivity index (χ4v) is 4.14. The zero-order valence-electron chi connectivity index (χ0n) is 16.6. The SMILES string of the molecule is CN=C(NCc1ccccc1COc1ccccc1)N1CCC2(CCOC2)C1. The Labute approximate surface area is 167 Å². The van der Waals surface area contributed by atoms with Crippen molar-refractivity contribution in [1.82, 2.24) is 10.2 Å². The normalized spacial score (nSPS) is 22.0. The molecule has 28 heavy (non-hydrogen) atoms. The monoisotopic (exact) mass is 379 g/mol. The first-order chi connectivity index (χ1) is 13.8. The molecular weight excluding hydrogens is 350 g/mol. The van der Waals surface area contributed by atoms with Gasteiger partial charge in [0.2, 0.25) is 0 Å². The lowest BCUT2D eigenvalue weighted by atomic mass is 9.87. The molecule has 0 amide bonds. The Morgan fingerprint density at radius 2 is 1.89 bits per heavy atom. The van der Waals surface area contributed by atoms with Crippen LogP contribution in [0.4, 0.5) is 0 Å². The number of nitrogens with zero attached hydrogens (tertiary/aromatic N) is 2. The van der Waals surface area contributed by atoms with Gasteiger partial charge >= 0.3 is 0 Å². The summed E-state index contributed by atoms with van der Waals surface area (Å²) >= 11 is 0. The lowest BCUT2D eigenvalue weighted by Gasteiger charge is -2.25. The average Bonchev–Trinajstić information content (AvgIpc) is 3.38.